The van der Waals surface area contributed by atoms with Crippen molar-refractivity contribution in [3.05, 3.63) is 35.9 Å². The fourth-order valence-corrected chi connectivity index (χ4v) is 3.10. The number of carbonyl (C=O) groups is 2. The predicted octanol–water partition coefficient (Wildman–Crippen LogP) is 1.26. The van der Waals surface area contributed by atoms with Gasteiger partial charge in [-0.2, -0.15) is 0 Å². The van der Waals surface area contributed by atoms with Crippen molar-refractivity contribution in [3.8, 4) is 0 Å². The molecule has 0 radical (unpaired) electrons. The monoisotopic (exact) mass is 288 g/mol. The van der Waals surface area contributed by atoms with E-state index >= 15 is 0 Å². The fourth-order valence-electron chi connectivity index (χ4n) is 3.10. The molecule has 3 rings (SSSR count). The summed E-state index contributed by atoms with van der Waals surface area (Å²) in [4.78, 5) is 26.3. The fraction of sp³-hybridized carbons (Fsp3) is 0.500. The Bertz CT molecular complexity index is 534. The second-order valence-corrected chi connectivity index (χ2v) is 5.79. The van der Waals surface area contributed by atoms with E-state index < -0.39 is 6.04 Å². The van der Waals surface area contributed by atoms with Crippen molar-refractivity contribution in [1.82, 2.24) is 10.2 Å². The number of carbonyl (C=O) groups excluding carboxylic acids is 2. The van der Waals surface area contributed by atoms with Crippen molar-refractivity contribution in [2.24, 2.45) is 0 Å². The molecule has 1 aromatic rings. The number of nitrogens with zero attached hydrogens (tertiary/aromatic N) is 1. The van der Waals surface area contributed by atoms with Crippen LogP contribution in [-0.4, -0.2) is 42.5 Å². The smallest absolute Gasteiger partial charge is 0.247 e. The minimum atomic E-state index is -0.555. The number of rotatable bonds is 4. The molecule has 2 aliphatic rings. The standard InChI is InChI=1S/C16H20N2O3/c1-21-16(8-5-9-16)11-18-13(19)10-17-15(20)14(18)12-6-3-2-4-7-12/h2-4,6-7,14H,5,8-11H2,1H3,(H,17,20). The summed E-state index contributed by atoms with van der Waals surface area (Å²) in [6, 6.07) is 8.88. The van der Waals surface area contributed by atoms with Gasteiger partial charge in [-0.3, -0.25) is 9.59 Å². The van der Waals surface area contributed by atoms with Gasteiger partial charge >= 0.3 is 0 Å². The van der Waals surface area contributed by atoms with Gasteiger partial charge in [-0.1, -0.05) is 30.3 Å². The van der Waals surface area contributed by atoms with E-state index in [1.807, 2.05) is 30.3 Å². The Morgan fingerprint density at radius 3 is 2.57 bits per heavy atom. The van der Waals surface area contributed by atoms with Gasteiger partial charge in [-0.05, 0) is 24.8 Å². The largest absolute Gasteiger partial charge is 0.376 e. The van der Waals surface area contributed by atoms with Gasteiger partial charge in [0.25, 0.3) is 0 Å². The van der Waals surface area contributed by atoms with E-state index in [9.17, 15) is 9.59 Å². The van der Waals surface area contributed by atoms with Gasteiger partial charge in [-0.15, -0.1) is 0 Å². The number of benzene rings is 1. The summed E-state index contributed by atoms with van der Waals surface area (Å²) in [5.41, 5.74) is 0.564. The van der Waals surface area contributed by atoms with Gasteiger partial charge in [-0.25, -0.2) is 0 Å². The lowest BCUT2D eigenvalue weighted by Crippen LogP contribution is -2.59. The SMILES string of the molecule is COC1(CN2C(=O)CNC(=O)C2c2ccccc2)CCC1. The molecule has 5 heteroatoms. The molecule has 1 saturated heterocycles. The van der Waals surface area contributed by atoms with Gasteiger partial charge in [0, 0.05) is 7.11 Å². The van der Waals surface area contributed by atoms with Crippen LogP contribution in [-0.2, 0) is 14.3 Å². The number of hydrogen-bond acceptors (Lipinski definition) is 3. The summed E-state index contributed by atoms with van der Waals surface area (Å²) in [6.07, 6.45) is 2.99. The Morgan fingerprint density at radius 2 is 2.00 bits per heavy atom. The Balaban J connectivity index is 1.89. The molecular formula is C16H20N2O3. The Kier molecular flexibility index (Phi) is 3.68. The molecule has 2 amide bonds. The third-order valence-corrected chi connectivity index (χ3v) is 4.57. The quantitative estimate of drug-likeness (QED) is 0.907. The molecule has 1 saturated carbocycles. The Morgan fingerprint density at radius 1 is 1.29 bits per heavy atom. The Hall–Kier alpha value is -1.88. The number of hydrogen-bond donors (Lipinski definition) is 1. The molecule has 1 atom stereocenters. The summed E-state index contributed by atoms with van der Waals surface area (Å²) in [5.74, 6) is -0.168. The van der Waals surface area contributed by atoms with E-state index in [-0.39, 0.29) is 24.0 Å². The first kappa shape index (κ1) is 14.1. The molecule has 2 fully saturated rings. The number of piperazine rings is 1. The minimum absolute atomic E-state index is 0.0493. The van der Waals surface area contributed by atoms with Gasteiger partial charge in [0.2, 0.25) is 11.8 Å². The van der Waals surface area contributed by atoms with Crippen LogP contribution in [0, 0.1) is 0 Å². The van der Waals surface area contributed by atoms with Crippen LogP contribution in [0.2, 0.25) is 0 Å². The molecule has 112 valence electrons. The molecular weight excluding hydrogens is 268 g/mol. The summed E-state index contributed by atoms with van der Waals surface area (Å²) in [6.45, 7) is 0.553. The molecule has 0 aromatic heterocycles. The molecule has 21 heavy (non-hydrogen) atoms. The van der Waals surface area contributed by atoms with Crippen molar-refractivity contribution in [3.63, 3.8) is 0 Å². The number of nitrogens with one attached hydrogen (secondary N) is 1. The first-order chi connectivity index (χ1) is 10.2. The Labute approximate surface area is 124 Å². The molecule has 1 unspecified atom stereocenters. The molecule has 1 N–H and O–H groups in total. The molecule has 0 bridgehead atoms. The molecule has 5 nitrogen and oxygen atoms in total. The van der Waals surface area contributed by atoms with E-state index in [1.54, 1.807) is 12.0 Å². The molecule has 1 heterocycles. The molecule has 0 spiro atoms. The van der Waals surface area contributed by atoms with Crippen molar-refractivity contribution in [2.75, 3.05) is 20.2 Å². The topological polar surface area (TPSA) is 58.6 Å². The van der Waals surface area contributed by atoms with Crippen LogP contribution in [0.3, 0.4) is 0 Å². The van der Waals surface area contributed by atoms with Crippen LogP contribution in [0.5, 0.6) is 0 Å². The molecule has 1 aliphatic heterocycles. The second-order valence-electron chi connectivity index (χ2n) is 5.79. The summed E-state index contributed by atoms with van der Waals surface area (Å²) >= 11 is 0. The lowest BCUT2D eigenvalue weighted by molar-refractivity contribution is -0.155. The van der Waals surface area contributed by atoms with E-state index in [0.29, 0.717) is 6.54 Å². The average molecular weight is 288 g/mol. The summed E-state index contributed by atoms with van der Waals surface area (Å²) in [5, 5.41) is 2.68. The summed E-state index contributed by atoms with van der Waals surface area (Å²) < 4.78 is 5.62. The highest BCUT2D eigenvalue weighted by molar-refractivity contribution is 5.95. The first-order valence-electron chi connectivity index (χ1n) is 7.32. The van der Waals surface area contributed by atoms with Gasteiger partial charge in [0.15, 0.2) is 0 Å². The normalized spacial score (nSPS) is 24.4. The van der Waals surface area contributed by atoms with Crippen LogP contribution >= 0.6 is 0 Å². The van der Waals surface area contributed by atoms with Crippen molar-refractivity contribution in [2.45, 2.75) is 30.9 Å². The number of ether oxygens (including phenoxy) is 1. The van der Waals surface area contributed by atoms with Crippen molar-refractivity contribution < 1.29 is 14.3 Å². The highest BCUT2D eigenvalue weighted by Gasteiger charge is 2.44. The van der Waals surface area contributed by atoms with Crippen molar-refractivity contribution >= 4 is 11.8 Å². The second kappa shape index (κ2) is 5.48. The zero-order valence-corrected chi connectivity index (χ0v) is 12.2. The highest BCUT2D eigenvalue weighted by Crippen LogP contribution is 2.38. The maximum absolute atomic E-state index is 12.3. The zero-order valence-electron chi connectivity index (χ0n) is 12.2. The zero-order chi connectivity index (χ0) is 14.9. The van der Waals surface area contributed by atoms with Crippen LogP contribution in [0.15, 0.2) is 30.3 Å². The van der Waals surface area contributed by atoms with Crippen LogP contribution in [0.25, 0.3) is 0 Å². The van der Waals surface area contributed by atoms with E-state index in [4.69, 9.17) is 4.74 Å². The van der Waals surface area contributed by atoms with E-state index in [2.05, 4.69) is 5.32 Å². The van der Waals surface area contributed by atoms with E-state index in [0.717, 1.165) is 24.8 Å². The highest BCUT2D eigenvalue weighted by atomic mass is 16.5. The number of methoxy groups -OCH3 is 1. The molecule has 1 aliphatic carbocycles. The van der Waals surface area contributed by atoms with Crippen LogP contribution < -0.4 is 5.32 Å². The lowest BCUT2D eigenvalue weighted by atomic mass is 9.79. The predicted molar refractivity (Wildman–Crippen MR) is 77.5 cm³/mol. The minimum Gasteiger partial charge on any atom is -0.376 e. The first-order valence-corrected chi connectivity index (χ1v) is 7.32. The summed E-state index contributed by atoms with van der Waals surface area (Å²) in [7, 11) is 1.69. The van der Waals surface area contributed by atoms with Crippen molar-refractivity contribution in [1.29, 1.82) is 0 Å². The van der Waals surface area contributed by atoms with E-state index in [1.165, 1.54) is 0 Å². The van der Waals surface area contributed by atoms with Gasteiger partial charge < -0.3 is 15.0 Å². The third kappa shape index (κ3) is 2.53. The maximum Gasteiger partial charge on any atom is 0.247 e. The average Bonchev–Trinajstić information content (AvgIpc) is 2.47. The lowest BCUT2D eigenvalue weighted by Gasteiger charge is -2.46. The maximum atomic E-state index is 12.3. The van der Waals surface area contributed by atoms with Gasteiger partial charge in [0.05, 0.1) is 18.7 Å². The molecule has 1 aromatic carbocycles. The van der Waals surface area contributed by atoms with Crippen LogP contribution in [0.4, 0.5) is 0 Å². The van der Waals surface area contributed by atoms with Crippen LogP contribution in [0.1, 0.15) is 30.9 Å². The van der Waals surface area contributed by atoms with Gasteiger partial charge in [0.1, 0.15) is 6.04 Å². The third-order valence-electron chi connectivity index (χ3n) is 4.57. The number of amides is 2.